The van der Waals surface area contributed by atoms with Crippen molar-refractivity contribution in [2.75, 3.05) is 25.4 Å². The SMILES string of the molecule is O=C(CCN1CCCS1(=O)=O)N1CCCCC1c1cc2ccccc2[nH]1. The summed E-state index contributed by atoms with van der Waals surface area (Å²) in [6.45, 7) is 1.59. The second-order valence-corrected chi connectivity index (χ2v) is 9.32. The Labute approximate surface area is 154 Å². The van der Waals surface area contributed by atoms with E-state index in [1.54, 1.807) is 0 Å². The Balaban J connectivity index is 1.49. The standard InChI is InChI=1S/C19H25N3O3S/c23-19(9-12-21-10-5-13-26(21,24)25)22-11-4-3-8-18(22)17-14-15-6-1-2-7-16(15)20-17/h1-2,6-7,14,18,20H,3-5,8-13H2. The number of sulfonamides is 1. The van der Waals surface area contributed by atoms with E-state index in [2.05, 4.69) is 17.1 Å². The number of amides is 1. The molecule has 2 aliphatic heterocycles. The minimum atomic E-state index is -3.14. The summed E-state index contributed by atoms with van der Waals surface area (Å²) in [4.78, 5) is 18.3. The molecule has 4 rings (SSSR count). The van der Waals surface area contributed by atoms with Gasteiger partial charge in [0.05, 0.1) is 11.8 Å². The number of para-hydroxylation sites is 1. The number of fused-ring (bicyclic) bond motifs is 1. The van der Waals surface area contributed by atoms with E-state index in [9.17, 15) is 13.2 Å². The van der Waals surface area contributed by atoms with E-state index >= 15 is 0 Å². The summed E-state index contributed by atoms with van der Waals surface area (Å²) in [5.74, 6) is 0.262. The van der Waals surface area contributed by atoms with Crippen molar-refractivity contribution < 1.29 is 13.2 Å². The number of nitrogens with zero attached hydrogens (tertiary/aromatic N) is 2. The van der Waals surface area contributed by atoms with Gasteiger partial charge in [-0.1, -0.05) is 18.2 Å². The van der Waals surface area contributed by atoms with Crippen LogP contribution in [0.2, 0.25) is 0 Å². The summed E-state index contributed by atoms with van der Waals surface area (Å²) >= 11 is 0. The Morgan fingerprint density at radius 3 is 2.77 bits per heavy atom. The molecule has 2 aliphatic rings. The Hall–Kier alpha value is -1.86. The fraction of sp³-hybridized carbons (Fsp3) is 0.526. The molecule has 0 aliphatic carbocycles. The van der Waals surface area contributed by atoms with Crippen LogP contribution in [-0.2, 0) is 14.8 Å². The predicted octanol–water partition coefficient (Wildman–Crippen LogP) is 2.65. The van der Waals surface area contributed by atoms with Gasteiger partial charge in [-0.3, -0.25) is 4.79 Å². The minimum Gasteiger partial charge on any atom is -0.357 e. The molecular weight excluding hydrogens is 350 g/mol. The van der Waals surface area contributed by atoms with Crippen molar-refractivity contribution >= 4 is 26.8 Å². The largest absolute Gasteiger partial charge is 0.357 e. The van der Waals surface area contributed by atoms with Crippen LogP contribution in [0.3, 0.4) is 0 Å². The molecule has 2 fully saturated rings. The van der Waals surface area contributed by atoms with Gasteiger partial charge in [0.2, 0.25) is 15.9 Å². The third-order valence-corrected chi connectivity index (χ3v) is 7.47. The van der Waals surface area contributed by atoms with Crippen molar-refractivity contribution in [1.29, 1.82) is 0 Å². The van der Waals surface area contributed by atoms with Crippen LogP contribution < -0.4 is 0 Å². The van der Waals surface area contributed by atoms with Gasteiger partial charge in [-0.15, -0.1) is 0 Å². The Bertz CT molecular complexity index is 873. The van der Waals surface area contributed by atoms with Gasteiger partial charge in [-0.2, -0.15) is 0 Å². The number of piperidine rings is 1. The Morgan fingerprint density at radius 2 is 2.00 bits per heavy atom. The number of carbonyl (C=O) groups excluding carboxylic acids is 1. The molecule has 6 nitrogen and oxygen atoms in total. The summed E-state index contributed by atoms with van der Waals surface area (Å²) in [5, 5.41) is 1.16. The molecule has 1 amide bonds. The number of H-pyrrole nitrogens is 1. The van der Waals surface area contributed by atoms with Crippen molar-refractivity contribution in [2.45, 2.75) is 38.1 Å². The van der Waals surface area contributed by atoms with Crippen LogP contribution in [0, 0.1) is 0 Å². The van der Waals surface area contributed by atoms with Gasteiger partial charge in [0, 0.05) is 37.3 Å². The lowest BCUT2D eigenvalue weighted by molar-refractivity contribution is -0.135. The first-order chi connectivity index (χ1) is 12.5. The Kier molecular flexibility index (Phi) is 4.75. The predicted molar refractivity (Wildman–Crippen MR) is 101 cm³/mol. The zero-order valence-corrected chi connectivity index (χ0v) is 15.7. The highest BCUT2D eigenvalue weighted by Crippen LogP contribution is 2.32. The zero-order valence-electron chi connectivity index (χ0n) is 14.9. The van der Waals surface area contributed by atoms with E-state index in [0.29, 0.717) is 19.5 Å². The highest BCUT2D eigenvalue weighted by atomic mass is 32.2. The van der Waals surface area contributed by atoms with Crippen LogP contribution in [0.5, 0.6) is 0 Å². The van der Waals surface area contributed by atoms with Crippen molar-refractivity contribution in [1.82, 2.24) is 14.2 Å². The molecule has 140 valence electrons. The van der Waals surface area contributed by atoms with Crippen molar-refractivity contribution in [2.24, 2.45) is 0 Å². The van der Waals surface area contributed by atoms with Crippen LogP contribution in [0.25, 0.3) is 10.9 Å². The van der Waals surface area contributed by atoms with Crippen LogP contribution in [0.15, 0.2) is 30.3 Å². The molecule has 2 aromatic rings. The first-order valence-electron chi connectivity index (χ1n) is 9.39. The molecule has 1 atom stereocenters. The monoisotopic (exact) mass is 375 g/mol. The number of hydrogen-bond acceptors (Lipinski definition) is 3. The normalized spacial score (nSPS) is 23.5. The van der Waals surface area contributed by atoms with Gasteiger partial charge in [0.1, 0.15) is 0 Å². The fourth-order valence-corrected chi connectivity index (χ4v) is 5.66. The summed E-state index contributed by atoms with van der Waals surface area (Å²) in [6.07, 6.45) is 3.98. The summed E-state index contributed by atoms with van der Waals surface area (Å²) in [6, 6.07) is 10.3. The number of hydrogen-bond donors (Lipinski definition) is 1. The molecule has 1 aromatic heterocycles. The smallest absolute Gasteiger partial charge is 0.224 e. The maximum absolute atomic E-state index is 12.9. The summed E-state index contributed by atoms with van der Waals surface area (Å²) in [5.41, 5.74) is 2.16. The highest BCUT2D eigenvalue weighted by Gasteiger charge is 2.32. The molecule has 3 heterocycles. The first kappa shape index (κ1) is 17.5. The summed E-state index contributed by atoms with van der Waals surface area (Å²) < 4.78 is 25.3. The number of rotatable bonds is 4. The van der Waals surface area contributed by atoms with E-state index in [1.807, 2.05) is 23.1 Å². The van der Waals surface area contributed by atoms with Crippen LogP contribution >= 0.6 is 0 Å². The number of nitrogens with one attached hydrogen (secondary N) is 1. The average molecular weight is 375 g/mol. The molecule has 0 saturated carbocycles. The van der Waals surface area contributed by atoms with Gasteiger partial charge in [0.25, 0.3) is 0 Å². The zero-order chi connectivity index (χ0) is 18.1. The van der Waals surface area contributed by atoms with E-state index < -0.39 is 10.0 Å². The lowest BCUT2D eigenvalue weighted by Gasteiger charge is -2.35. The van der Waals surface area contributed by atoms with Gasteiger partial charge in [-0.05, 0) is 43.2 Å². The van der Waals surface area contributed by atoms with E-state index in [4.69, 9.17) is 0 Å². The van der Waals surface area contributed by atoms with E-state index in [0.717, 1.165) is 42.4 Å². The van der Waals surface area contributed by atoms with Crippen LogP contribution in [-0.4, -0.2) is 53.9 Å². The topological polar surface area (TPSA) is 73.5 Å². The van der Waals surface area contributed by atoms with Crippen molar-refractivity contribution in [3.8, 4) is 0 Å². The maximum atomic E-state index is 12.9. The molecule has 1 aromatic carbocycles. The van der Waals surface area contributed by atoms with Gasteiger partial charge >= 0.3 is 0 Å². The van der Waals surface area contributed by atoms with Crippen LogP contribution in [0.1, 0.15) is 43.8 Å². The molecule has 1 N–H and O–H groups in total. The number of likely N-dealkylation sites (tertiary alicyclic amines) is 1. The molecule has 0 bridgehead atoms. The highest BCUT2D eigenvalue weighted by molar-refractivity contribution is 7.89. The molecule has 2 saturated heterocycles. The second-order valence-electron chi connectivity index (χ2n) is 7.23. The Morgan fingerprint density at radius 1 is 1.15 bits per heavy atom. The number of benzene rings is 1. The lowest BCUT2D eigenvalue weighted by atomic mass is 9.98. The van der Waals surface area contributed by atoms with Gasteiger partial charge < -0.3 is 9.88 Å². The number of carbonyl (C=O) groups is 1. The van der Waals surface area contributed by atoms with Gasteiger partial charge in [-0.25, -0.2) is 12.7 Å². The molecular formula is C19H25N3O3S. The maximum Gasteiger partial charge on any atom is 0.224 e. The van der Waals surface area contributed by atoms with E-state index in [-0.39, 0.29) is 24.1 Å². The molecule has 0 spiro atoms. The lowest BCUT2D eigenvalue weighted by Crippen LogP contribution is -2.40. The fourth-order valence-electron chi connectivity index (χ4n) is 4.14. The third kappa shape index (κ3) is 3.38. The molecule has 26 heavy (non-hydrogen) atoms. The van der Waals surface area contributed by atoms with Crippen molar-refractivity contribution in [3.05, 3.63) is 36.0 Å². The molecule has 7 heteroatoms. The van der Waals surface area contributed by atoms with Gasteiger partial charge in [0.15, 0.2) is 0 Å². The quantitative estimate of drug-likeness (QED) is 0.893. The molecule has 1 unspecified atom stereocenters. The van der Waals surface area contributed by atoms with E-state index in [1.165, 1.54) is 4.31 Å². The number of aromatic nitrogens is 1. The van der Waals surface area contributed by atoms with Crippen LogP contribution in [0.4, 0.5) is 0 Å². The minimum absolute atomic E-state index is 0.0513. The second kappa shape index (κ2) is 7.04. The average Bonchev–Trinajstić information content (AvgIpc) is 3.22. The number of aromatic amines is 1. The first-order valence-corrected chi connectivity index (χ1v) is 11.0. The summed E-state index contributed by atoms with van der Waals surface area (Å²) in [7, 11) is -3.14. The van der Waals surface area contributed by atoms with Crippen molar-refractivity contribution in [3.63, 3.8) is 0 Å². The third-order valence-electron chi connectivity index (χ3n) is 5.51. The molecule has 0 radical (unpaired) electrons.